The number of para-hydroxylation sites is 2. The second-order valence-corrected chi connectivity index (χ2v) is 4.13. The van der Waals surface area contributed by atoms with Gasteiger partial charge in [-0.15, -0.1) is 0 Å². The molecule has 1 aromatic heterocycles. The Bertz CT molecular complexity index is 584. The molecule has 0 N–H and O–H groups in total. The van der Waals surface area contributed by atoms with Crippen LogP contribution in [0.5, 0.6) is 5.75 Å². The summed E-state index contributed by atoms with van der Waals surface area (Å²) in [5, 5.41) is 10.8. The fourth-order valence-electron chi connectivity index (χ4n) is 1.81. The Hall–Kier alpha value is -2.43. The Labute approximate surface area is 111 Å². The van der Waals surface area contributed by atoms with Crippen molar-refractivity contribution in [1.82, 2.24) is 0 Å². The van der Waals surface area contributed by atoms with E-state index in [1.54, 1.807) is 18.2 Å². The molecule has 98 valence electrons. The maximum absolute atomic E-state index is 10.8. The van der Waals surface area contributed by atoms with Crippen molar-refractivity contribution >= 4 is 5.69 Å². The molecule has 5 nitrogen and oxygen atoms in total. The summed E-state index contributed by atoms with van der Waals surface area (Å²) in [6.45, 7) is 0.405. The van der Waals surface area contributed by atoms with Gasteiger partial charge in [-0.2, -0.15) is 0 Å². The van der Waals surface area contributed by atoms with Crippen molar-refractivity contribution in [2.75, 3.05) is 6.61 Å². The summed E-state index contributed by atoms with van der Waals surface area (Å²) >= 11 is 0. The summed E-state index contributed by atoms with van der Waals surface area (Å²) in [5.41, 5.74) is 1.11. The van der Waals surface area contributed by atoms with Gasteiger partial charge in [0.1, 0.15) is 7.05 Å². The van der Waals surface area contributed by atoms with Crippen LogP contribution in [0.2, 0.25) is 0 Å². The van der Waals surface area contributed by atoms with Gasteiger partial charge in [0.2, 0.25) is 0 Å². The van der Waals surface area contributed by atoms with Crippen molar-refractivity contribution < 1.29 is 14.2 Å². The van der Waals surface area contributed by atoms with Gasteiger partial charge < -0.3 is 4.74 Å². The molecule has 0 amide bonds. The van der Waals surface area contributed by atoms with Crippen molar-refractivity contribution in [2.24, 2.45) is 7.05 Å². The highest BCUT2D eigenvalue weighted by atomic mass is 16.6. The molecule has 0 unspecified atom stereocenters. The maximum Gasteiger partial charge on any atom is 0.310 e. The summed E-state index contributed by atoms with van der Waals surface area (Å²) in [7, 11) is 1.96. The van der Waals surface area contributed by atoms with Crippen molar-refractivity contribution in [3.05, 3.63) is 64.5 Å². The predicted octanol–water partition coefficient (Wildman–Crippen LogP) is 2.04. The number of aryl methyl sites for hydroxylation is 1. The van der Waals surface area contributed by atoms with Gasteiger partial charge in [0.15, 0.2) is 17.6 Å². The molecule has 0 bridgehead atoms. The van der Waals surface area contributed by atoms with Crippen LogP contribution in [0.15, 0.2) is 48.7 Å². The summed E-state index contributed by atoms with van der Waals surface area (Å²) in [6, 6.07) is 12.3. The SMILES string of the molecule is C[n+]1ccccc1CCOc1ccccc1[N+](=O)[O-]. The van der Waals surface area contributed by atoms with E-state index in [0.29, 0.717) is 18.8 Å². The van der Waals surface area contributed by atoms with Gasteiger partial charge in [0.25, 0.3) is 0 Å². The van der Waals surface area contributed by atoms with E-state index < -0.39 is 4.92 Å². The largest absolute Gasteiger partial charge is 0.486 e. The number of nitro groups is 1. The number of rotatable bonds is 5. The highest BCUT2D eigenvalue weighted by Crippen LogP contribution is 2.25. The number of benzene rings is 1. The fourth-order valence-corrected chi connectivity index (χ4v) is 1.81. The summed E-state index contributed by atoms with van der Waals surface area (Å²) in [5.74, 6) is 0.311. The lowest BCUT2D eigenvalue weighted by Crippen LogP contribution is -2.33. The lowest BCUT2D eigenvalue weighted by molar-refractivity contribution is -0.679. The van der Waals surface area contributed by atoms with Crippen LogP contribution in [-0.4, -0.2) is 11.5 Å². The first-order valence-corrected chi connectivity index (χ1v) is 5.98. The topological polar surface area (TPSA) is 56.2 Å². The Morgan fingerprint density at radius 1 is 1.21 bits per heavy atom. The van der Waals surface area contributed by atoms with Gasteiger partial charge in [-0.1, -0.05) is 18.2 Å². The van der Waals surface area contributed by atoms with Crippen molar-refractivity contribution in [3.63, 3.8) is 0 Å². The van der Waals surface area contributed by atoms with Gasteiger partial charge in [-0.3, -0.25) is 10.1 Å². The molecule has 2 aromatic rings. The third-order valence-corrected chi connectivity index (χ3v) is 2.84. The third kappa shape index (κ3) is 3.28. The zero-order chi connectivity index (χ0) is 13.7. The van der Waals surface area contributed by atoms with Crippen molar-refractivity contribution in [1.29, 1.82) is 0 Å². The third-order valence-electron chi connectivity index (χ3n) is 2.84. The number of nitrogens with zero attached hydrogens (tertiary/aromatic N) is 2. The molecular formula is C14H15N2O3+. The lowest BCUT2D eigenvalue weighted by Gasteiger charge is -2.05. The predicted molar refractivity (Wildman–Crippen MR) is 69.9 cm³/mol. The van der Waals surface area contributed by atoms with E-state index in [2.05, 4.69) is 0 Å². The average molecular weight is 259 g/mol. The number of pyridine rings is 1. The van der Waals surface area contributed by atoms with Crippen LogP contribution >= 0.6 is 0 Å². The van der Waals surface area contributed by atoms with Crippen molar-refractivity contribution in [3.8, 4) is 5.75 Å². The number of hydrogen-bond acceptors (Lipinski definition) is 3. The van der Waals surface area contributed by atoms with E-state index in [1.807, 2.05) is 36.0 Å². The van der Waals surface area contributed by atoms with Crippen LogP contribution in [0.1, 0.15) is 5.69 Å². The molecule has 0 fully saturated rings. The Morgan fingerprint density at radius 3 is 2.68 bits per heavy atom. The van der Waals surface area contributed by atoms with Crippen molar-refractivity contribution in [2.45, 2.75) is 6.42 Å². The molecule has 0 saturated heterocycles. The monoisotopic (exact) mass is 259 g/mol. The smallest absolute Gasteiger partial charge is 0.310 e. The molecule has 1 aromatic carbocycles. The number of ether oxygens (including phenoxy) is 1. The van der Waals surface area contributed by atoms with Crippen LogP contribution in [0, 0.1) is 10.1 Å². The molecular weight excluding hydrogens is 244 g/mol. The van der Waals surface area contributed by atoms with E-state index in [-0.39, 0.29) is 5.69 Å². The van der Waals surface area contributed by atoms with E-state index in [4.69, 9.17) is 4.74 Å². The number of nitro benzene ring substituents is 1. The zero-order valence-corrected chi connectivity index (χ0v) is 10.7. The molecule has 0 spiro atoms. The highest BCUT2D eigenvalue weighted by molar-refractivity contribution is 5.45. The minimum Gasteiger partial charge on any atom is -0.486 e. The normalized spacial score (nSPS) is 10.2. The van der Waals surface area contributed by atoms with Gasteiger partial charge in [-0.25, -0.2) is 4.57 Å². The molecule has 1 heterocycles. The fraction of sp³-hybridized carbons (Fsp3) is 0.214. The summed E-state index contributed by atoms with van der Waals surface area (Å²) < 4.78 is 7.51. The summed E-state index contributed by atoms with van der Waals surface area (Å²) in [4.78, 5) is 10.4. The lowest BCUT2D eigenvalue weighted by atomic mass is 10.2. The van der Waals surface area contributed by atoms with Crippen LogP contribution < -0.4 is 9.30 Å². The second-order valence-electron chi connectivity index (χ2n) is 4.13. The van der Waals surface area contributed by atoms with Crippen LogP contribution in [0.25, 0.3) is 0 Å². The maximum atomic E-state index is 10.8. The molecule has 0 radical (unpaired) electrons. The molecule has 0 aliphatic rings. The Balaban J connectivity index is 2.00. The Kier molecular flexibility index (Phi) is 4.07. The molecule has 0 saturated carbocycles. The molecule has 19 heavy (non-hydrogen) atoms. The number of hydrogen-bond donors (Lipinski definition) is 0. The van der Waals surface area contributed by atoms with Gasteiger partial charge in [0.05, 0.1) is 18.0 Å². The first-order chi connectivity index (χ1) is 9.18. The van der Waals surface area contributed by atoms with Crippen LogP contribution in [0.4, 0.5) is 5.69 Å². The van der Waals surface area contributed by atoms with Gasteiger partial charge >= 0.3 is 5.69 Å². The molecule has 0 atom stereocenters. The van der Waals surface area contributed by atoms with Gasteiger partial charge in [0, 0.05) is 18.2 Å². The van der Waals surface area contributed by atoms with E-state index in [9.17, 15) is 10.1 Å². The van der Waals surface area contributed by atoms with E-state index in [1.165, 1.54) is 6.07 Å². The van der Waals surface area contributed by atoms with E-state index >= 15 is 0 Å². The van der Waals surface area contributed by atoms with E-state index in [0.717, 1.165) is 5.69 Å². The first kappa shape index (κ1) is 13.0. The number of aromatic nitrogens is 1. The minimum absolute atomic E-state index is 0.0000586. The average Bonchev–Trinajstić information content (AvgIpc) is 2.41. The highest BCUT2D eigenvalue weighted by Gasteiger charge is 2.14. The first-order valence-electron chi connectivity index (χ1n) is 5.98. The molecule has 5 heteroatoms. The van der Waals surface area contributed by atoms with Crippen LogP contribution in [-0.2, 0) is 13.5 Å². The Morgan fingerprint density at radius 2 is 1.95 bits per heavy atom. The quantitative estimate of drug-likeness (QED) is 0.469. The molecule has 0 aliphatic heterocycles. The van der Waals surface area contributed by atoms with Gasteiger partial charge in [-0.05, 0) is 6.07 Å². The zero-order valence-electron chi connectivity index (χ0n) is 10.7. The summed E-state index contributed by atoms with van der Waals surface area (Å²) in [6.07, 6.45) is 2.66. The van der Waals surface area contributed by atoms with Crippen LogP contribution in [0.3, 0.4) is 0 Å². The standard InChI is InChI=1S/C14H15N2O3/c1-15-10-5-4-6-12(15)9-11-19-14-8-3-2-7-13(14)16(17)18/h2-8,10H,9,11H2,1H3/q+1. The molecule has 0 aliphatic carbocycles. The molecule has 2 rings (SSSR count). The minimum atomic E-state index is -0.433. The second kappa shape index (κ2) is 5.95.